The molecular weight excluding hydrogens is 384 g/mol. The van der Waals surface area contributed by atoms with Gasteiger partial charge in [0.25, 0.3) is 0 Å². The fraction of sp³-hybridized carbons (Fsp3) is 0.136. The highest BCUT2D eigenvalue weighted by molar-refractivity contribution is 5.85. The largest absolute Gasteiger partial charge is 0.494 e. The molecular formula is C22H16F4N2O. The Hall–Kier alpha value is -3.35. The molecule has 7 heteroatoms. The molecule has 0 aliphatic rings. The fourth-order valence-electron chi connectivity index (χ4n) is 3.27. The van der Waals surface area contributed by atoms with Crippen LogP contribution in [0.25, 0.3) is 22.2 Å². The van der Waals surface area contributed by atoms with Crippen LogP contribution in [0.3, 0.4) is 0 Å². The Labute approximate surface area is 164 Å². The number of nitrogens with zero attached hydrogens (tertiary/aromatic N) is 1. The minimum Gasteiger partial charge on any atom is -0.494 e. The van der Waals surface area contributed by atoms with Gasteiger partial charge in [-0.1, -0.05) is 24.3 Å². The van der Waals surface area contributed by atoms with Gasteiger partial charge in [-0.3, -0.25) is 0 Å². The third-order valence-corrected chi connectivity index (χ3v) is 4.81. The Kier molecular flexibility index (Phi) is 4.74. The summed E-state index contributed by atoms with van der Waals surface area (Å²) in [7, 11) is 1.41. The molecule has 0 bridgehead atoms. The second-order valence-electron chi connectivity index (χ2n) is 6.62. The average molecular weight is 400 g/mol. The Bertz CT molecular complexity index is 1160. The van der Waals surface area contributed by atoms with Crippen molar-refractivity contribution in [3.63, 3.8) is 0 Å². The number of alkyl halides is 3. The topological polar surface area (TPSA) is 37.9 Å². The van der Waals surface area contributed by atoms with Crippen LogP contribution >= 0.6 is 0 Å². The van der Waals surface area contributed by atoms with Crippen LogP contribution in [0.2, 0.25) is 0 Å². The number of hydrogen-bond donors (Lipinski definition) is 1. The van der Waals surface area contributed by atoms with Gasteiger partial charge in [-0.05, 0) is 41.0 Å². The Morgan fingerprint density at radius 3 is 2.45 bits per heavy atom. The number of hydrogen-bond acceptors (Lipinski definition) is 2. The Balaban J connectivity index is 1.70. The summed E-state index contributed by atoms with van der Waals surface area (Å²) in [5.74, 6) is -0.248. The van der Waals surface area contributed by atoms with Crippen molar-refractivity contribution in [1.29, 1.82) is 0 Å². The summed E-state index contributed by atoms with van der Waals surface area (Å²) in [5.41, 5.74) is 2.52. The predicted molar refractivity (Wildman–Crippen MR) is 102 cm³/mol. The number of pyridine rings is 1. The first-order valence-electron chi connectivity index (χ1n) is 8.82. The number of benzene rings is 2. The van der Waals surface area contributed by atoms with Crippen LogP contribution in [0.4, 0.5) is 17.6 Å². The molecule has 0 saturated carbocycles. The molecule has 0 aliphatic heterocycles. The lowest BCUT2D eigenvalue weighted by molar-refractivity contribution is -0.137. The van der Waals surface area contributed by atoms with Crippen molar-refractivity contribution in [1.82, 2.24) is 9.97 Å². The van der Waals surface area contributed by atoms with Crippen molar-refractivity contribution in [2.45, 2.75) is 12.6 Å². The van der Waals surface area contributed by atoms with E-state index in [-0.39, 0.29) is 5.75 Å². The Morgan fingerprint density at radius 1 is 1.00 bits per heavy atom. The SMILES string of the molecule is COc1cccc(Cc2c[nH]c3ncc(-c4ccc(C(F)(F)F)cc4)cc23)c1F. The van der Waals surface area contributed by atoms with Gasteiger partial charge in [-0.2, -0.15) is 13.2 Å². The highest BCUT2D eigenvalue weighted by Gasteiger charge is 2.30. The minimum absolute atomic E-state index is 0.172. The molecule has 0 spiro atoms. The summed E-state index contributed by atoms with van der Waals surface area (Å²) >= 11 is 0. The summed E-state index contributed by atoms with van der Waals surface area (Å²) in [6.45, 7) is 0. The number of rotatable bonds is 4. The first-order chi connectivity index (χ1) is 13.9. The molecule has 0 unspecified atom stereocenters. The Morgan fingerprint density at radius 2 is 1.76 bits per heavy atom. The van der Waals surface area contributed by atoms with Gasteiger partial charge in [0, 0.05) is 29.8 Å². The van der Waals surface area contributed by atoms with E-state index < -0.39 is 17.6 Å². The summed E-state index contributed by atoms with van der Waals surface area (Å²) in [4.78, 5) is 7.40. The molecule has 0 amide bonds. The van der Waals surface area contributed by atoms with Crippen LogP contribution < -0.4 is 4.74 Å². The molecule has 0 saturated heterocycles. The summed E-state index contributed by atoms with van der Waals surface area (Å²) in [6.07, 6.45) is -0.707. The smallest absolute Gasteiger partial charge is 0.416 e. The van der Waals surface area contributed by atoms with E-state index in [1.54, 1.807) is 30.6 Å². The van der Waals surface area contributed by atoms with E-state index in [1.165, 1.54) is 19.2 Å². The molecule has 1 N–H and O–H groups in total. The maximum Gasteiger partial charge on any atom is 0.416 e. The van der Waals surface area contributed by atoms with Crippen molar-refractivity contribution in [2.24, 2.45) is 0 Å². The van der Waals surface area contributed by atoms with E-state index in [0.717, 1.165) is 23.1 Å². The second kappa shape index (κ2) is 7.24. The molecule has 4 aromatic rings. The van der Waals surface area contributed by atoms with Crippen LogP contribution in [0.1, 0.15) is 16.7 Å². The van der Waals surface area contributed by atoms with Gasteiger partial charge in [0.2, 0.25) is 0 Å². The normalized spacial score (nSPS) is 11.8. The summed E-state index contributed by atoms with van der Waals surface area (Å²) < 4.78 is 57.9. The predicted octanol–water partition coefficient (Wildman–Crippen LogP) is 5.99. The zero-order chi connectivity index (χ0) is 20.6. The second-order valence-corrected chi connectivity index (χ2v) is 6.62. The molecule has 148 valence electrons. The number of H-pyrrole nitrogens is 1. The number of aromatic nitrogens is 2. The van der Waals surface area contributed by atoms with Crippen LogP contribution in [0.15, 0.2) is 60.9 Å². The van der Waals surface area contributed by atoms with Crippen LogP contribution in [-0.2, 0) is 12.6 Å². The zero-order valence-corrected chi connectivity index (χ0v) is 15.3. The third-order valence-electron chi connectivity index (χ3n) is 4.81. The van der Waals surface area contributed by atoms with Crippen molar-refractivity contribution in [2.75, 3.05) is 7.11 Å². The molecule has 0 fully saturated rings. The van der Waals surface area contributed by atoms with Crippen LogP contribution in [0.5, 0.6) is 5.75 Å². The standard InChI is InChI=1S/C22H16F4N2O/c1-29-19-4-2-3-14(20(19)23)9-16-12-28-21-18(16)10-15(11-27-21)13-5-7-17(8-6-13)22(24,25)26/h2-8,10-12H,9H2,1H3,(H,27,28). The zero-order valence-electron chi connectivity index (χ0n) is 15.3. The number of aromatic amines is 1. The van der Waals surface area contributed by atoms with Gasteiger partial charge in [0.1, 0.15) is 5.65 Å². The molecule has 0 aliphatic carbocycles. The fourth-order valence-corrected chi connectivity index (χ4v) is 3.27. The highest BCUT2D eigenvalue weighted by Crippen LogP contribution is 2.32. The van der Waals surface area contributed by atoms with Crippen molar-refractivity contribution in [3.8, 4) is 16.9 Å². The van der Waals surface area contributed by atoms with Gasteiger partial charge in [0.15, 0.2) is 11.6 Å². The maximum atomic E-state index is 14.5. The van der Waals surface area contributed by atoms with E-state index in [9.17, 15) is 17.6 Å². The van der Waals surface area contributed by atoms with E-state index in [0.29, 0.717) is 28.8 Å². The van der Waals surface area contributed by atoms with Crippen molar-refractivity contribution < 1.29 is 22.3 Å². The van der Waals surface area contributed by atoms with Gasteiger partial charge >= 0.3 is 6.18 Å². The van der Waals surface area contributed by atoms with E-state index >= 15 is 0 Å². The number of fused-ring (bicyclic) bond motifs is 1. The molecule has 2 aromatic heterocycles. The van der Waals surface area contributed by atoms with E-state index in [2.05, 4.69) is 9.97 Å². The van der Waals surface area contributed by atoms with Gasteiger partial charge < -0.3 is 9.72 Å². The number of ether oxygens (including phenoxy) is 1. The van der Waals surface area contributed by atoms with Gasteiger partial charge in [0.05, 0.1) is 12.7 Å². The average Bonchev–Trinajstić information content (AvgIpc) is 3.11. The molecule has 0 radical (unpaired) electrons. The maximum absolute atomic E-state index is 14.5. The van der Waals surface area contributed by atoms with Crippen LogP contribution in [0, 0.1) is 5.82 Å². The van der Waals surface area contributed by atoms with Gasteiger partial charge in [-0.15, -0.1) is 0 Å². The lowest BCUT2D eigenvalue weighted by Gasteiger charge is -2.08. The van der Waals surface area contributed by atoms with Crippen molar-refractivity contribution >= 4 is 11.0 Å². The minimum atomic E-state index is -4.38. The number of nitrogens with one attached hydrogen (secondary N) is 1. The molecule has 0 atom stereocenters. The summed E-state index contributed by atoms with van der Waals surface area (Å²) in [5, 5.41) is 0.782. The molecule has 3 nitrogen and oxygen atoms in total. The monoisotopic (exact) mass is 400 g/mol. The molecule has 2 heterocycles. The molecule has 4 rings (SSSR count). The number of methoxy groups -OCH3 is 1. The summed E-state index contributed by atoms with van der Waals surface area (Å²) in [6, 6.07) is 11.7. The molecule has 2 aromatic carbocycles. The molecule has 29 heavy (non-hydrogen) atoms. The number of halogens is 4. The van der Waals surface area contributed by atoms with E-state index in [1.807, 2.05) is 6.07 Å². The highest BCUT2D eigenvalue weighted by atomic mass is 19.4. The quantitative estimate of drug-likeness (QED) is 0.428. The van der Waals surface area contributed by atoms with Gasteiger partial charge in [-0.25, -0.2) is 9.37 Å². The van der Waals surface area contributed by atoms with Crippen molar-refractivity contribution in [3.05, 3.63) is 83.4 Å². The van der Waals surface area contributed by atoms with Crippen LogP contribution in [-0.4, -0.2) is 17.1 Å². The first-order valence-corrected chi connectivity index (χ1v) is 8.82. The lowest BCUT2D eigenvalue weighted by Crippen LogP contribution is -2.03. The first kappa shape index (κ1) is 19.0. The van der Waals surface area contributed by atoms with E-state index in [4.69, 9.17) is 4.74 Å². The third kappa shape index (κ3) is 3.68. The lowest BCUT2D eigenvalue weighted by atomic mass is 10.0.